The van der Waals surface area contributed by atoms with Gasteiger partial charge in [-0.3, -0.25) is 0 Å². The maximum absolute atomic E-state index is 13.0. The minimum absolute atomic E-state index is 0.196. The van der Waals surface area contributed by atoms with Gasteiger partial charge in [0, 0.05) is 6.04 Å². The van der Waals surface area contributed by atoms with Gasteiger partial charge in [0.2, 0.25) is 0 Å². The summed E-state index contributed by atoms with van der Waals surface area (Å²) in [5, 5.41) is 8.39. The second-order valence-electron chi connectivity index (χ2n) is 2.64. The summed E-state index contributed by atoms with van der Waals surface area (Å²) in [6, 6.07) is 6.16. The number of benzene rings is 1. The highest BCUT2D eigenvalue weighted by Crippen LogP contribution is 2.20. The van der Waals surface area contributed by atoms with Gasteiger partial charge in [-0.15, -0.1) is 0 Å². The molecule has 1 rings (SSSR count). The van der Waals surface area contributed by atoms with Crippen molar-refractivity contribution in [3.8, 4) is 6.07 Å². The molecule has 0 aliphatic carbocycles. The molecule has 0 aliphatic rings. The maximum atomic E-state index is 13.0. The fourth-order valence-electron chi connectivity index (χ4n) is 0.959. The van der Waals surface area contributed by atoms with Crippen LogP contribution in [0, 0.1) is 17.1 Å². The topological polar surface area (TPSA) is 49.8 Å². The molecule has 0 aromatic heterocycles. The van der Waals surface area contributed by atoms with E-state index in [0.29, 0.717) is 10.0 Å². The highest BCUT2D eigenvalue weighted by molar-refractivity contribution is 9.10. The van der Waals surface area contributed by atoms with E-state index in [1.54, 1.807) is 12.1 Å². The van der Waals surface area contributed by atoms with Crippen LogP contribution >= 0.6 is 15.9 Å². The normalized spacial score (nSPS) is 12.2. The Morgan fingerprint density at radius 1 is 1.62 bits per heavy atom. The fraction of sp³-hybridized carbons (Fsp3) is 0.222. The summed E-state index contributed by atoms with van der Waals surface area (Å²) in [6.07, 6.45) is 0.196. The fourth-order valence-corrected chi connectivity index (χ4v) is 1.21. The van der Waals surface area contributed by atoms with E-state index in [-0.39, 0.29) is 12.2 Å². The van der Waals surface area contributed by atoms with Crippen LogP contribution in [0.5, 0.6) is 0 Å². The molecule has 1 aromatic carbocycles. The van der Waals surface area contributed by atoms with Crippen LogP contribution in [0.4, 0.5) is 4.39 Å². The molecule has 0 bridgehead atoms. The van der Waals surface area contributed by atoms with Gasteiger partial charge in [-0.1, -0.05) is 6.07 Å². The standard InChI is InChI=1S/C9H8BrFN2/c10-7-2-1-6(5-8(7)11)9(13)3-4-12/h1-2,5,9H,3,13H2. The van der Waals surface area contributed by atoms with Gasteiger partial charge in [0.25, 0.3) is 0 Å². The van der Waals surface area contributed by atoms with Crippen molar-refractivity contribution in [3.63, 3.8) is 0 Å². The van der Waals surface area contributed by atoms with Crippen molar-refractivity contribution >= 4 is 15.9 Å². The second kappa shape index (κ2) is 4.35. The Kier molecular flexibility index (Phi) is 3.40. The second-order valence-corrected chi connectivity index (χ2v) is 3.50. The highest BCUT2D eigenvalue weighted by Gasteiger charge is 2.07. The first-order valence-electron chi connectivity index (χ1n) is 3.72. The van der Waals surface area contributed by atoms with Crippen LogP contribution in [0.25, 0.3) is 0 Å². The van der Waals surface area contributed by atoms with Crippen molar-refractivity contribution in [3.05, 3.63) is 34.1 Å². The summed E-state index contributed by atoms with van der Waals surface area (Å²) < 4.78 is 13.4. The van der Waals surface area contributed by atoms with Crippen LogP contribution in [0.2, 0.25) is 0 Å². The number of halogens is 2. The molecule has 0 aliphatic heterocycles. The minimum atomic E-state index is -0.410. The van der Waals surface area contributed by atoms with E-state index in [9.17, 15) is 4.39 Å². The minimum Gasteiger partial charge on any atom is -0.323 e. The van der Waals surface area contributed by atoms with Crippen LogP contribution in [-0.4, -0.2) is 0 Å². The third kappa shape index (κ3) is 2.51. The quantitative estimate of drug-likeness (QED) is 0.867. The first-order valence-corrected chi connectivity index (χ1v) is 4.52. The van der Waals surface area contributed by atoms with E-state index in [2.05, 4.69) is 15.9 Å². The Hall–Kier alpha value is -0.920. The molecule has 1 unspecified atom stereocenters. The lowest BCUT2D eigenvalue weighted by Gasteiger charge is -2.07. The lowest BCUT2D eigenvalue weighted by molar-refractivity contribution is 0.613. The van der Waals surface area contributed by atoms with E-state index in [0.717, 1.165) is 0 Å². The van der Waals surface area contributed by atoms with Crippen LogP contribution in [-0.2, 0) is 0 Å². The Labute approximate surface area is 84.3 Å². The van der Waals surface area contributed by atoms with Gasteiger partial charge in [-0.25, -0.2) is 4.39 Å². The number of hydrogen-bond donors (Lipinski definition) is 1. The van der Waals surface area contributed by atoms with Gasteiger partial charge in [0.15, 0.2) is 0 Å². The number of rotatable bonds is 2. The summed E-state index contributed by atoms with van der Waals surface area (Å²) >= 11 is 3.04. The molecule has 68 valence electrons. The largest absolute Gasteiger partial charge is 0.323 e. The number of nitrogens with zero attached hydrogens (tertiary/aromatic N) is 1. The lowest BCUT2D eigenvalue weighted by atomic mass is 10.1. The van der Waals surface area contributed by atoms with Crippen LogP contribution in [0.1, 0.15) is 18.0 Å². The Balaban J connectivity index is 2.91. The lowest BCUT2D eigenvalue weighted by Crippen LogP contribution is -2.09. The van der Waals surface area contributed by atoms with Crippen molar-refractivity contribution < 1.29 is 4.39 Å². The van der Waals surface area contributed by atoms with Crippen molar-refractivity contribution in [2.24, 2.45) is 5.73 Å². The summed E-state index contributed by atoms with van der Waals surface area (Å²) in [5.74, 6) is -0.356. The monoisotopic (exact) mass is 242 g/mol. The third-order valence-corrected chi connectivity index (χ3v) is 2.33. The summed E-state index contributed by atoms with van der Waals surface area (Å²) in [6.45, 7) is 0. The number of hydrogen-bond acceptors (Lipinski definition) is 2. The highest BCUT2D eigenvalue weighted by atomic mass is 79.9. The molecule has 0 saturated carbocycles. The van der Waals surface area contributed by atoms with Gasteiger partial charge in [-0.05, 0) is 33.6 Å². The zero-order valence-corrected chi connectivity index (χ0v) is 8.38. The smallest absolute Gasteiger partial charge is 0.137 e. The van der Waals surface area contributed by atoms with E-state index in [4.69, 9.17) is 11.0 Å². The van der Waals surface area contributed by atoms with E-state index < -0.39 is 6.04 Å². The van der Waals surface area contributed by atoms with Crippen LogP contribution in [0.15, 0.2) is 22.7 Å². The van der Waals surface area contributed by atoms with Crippen molar-refractivity contribution in [2.75, 3.05) is 0 Å². The van der Waals surface area contributed by atoms with Gasteiger partial charge in [0.1, 0.15) is 5.82 Å². The van der Waals surface area contributed by atoms with E-state index in [1.165, 1.54) is 6.07 Å². The molecule has 0 spiro atoms. The maximum Gasteiger partial charge on any atom is 0.137 e. The summed E-state index contributed by atoms with van der Waals surface area (Å²) in [7, 11) is 0. The molecule has 0 amide bonds. The molecule has 4 heteroatoms. The zero-order valence-electron chi connectivity index (χ0n) is 6.80. The average molecular weight is 243 g/mol. The van der Waals surface area contributed by atoms with E-state index >= 15 is 0 Å². The Bertz CT molecular complexity index is 346. The molecule has 13 heavy (non-hydrogen) atoms. The van der Waals surface area contributed by atoms with Gasteiger partial charge < -0.3 is 5.73 Å². The molecule has 0 radical (unpaired) electrons. The Morgan fingerprint density at radius 2 is 2.31 bits per heavy atom. The third-order valence-electron chi connectivity index (χ3n) is 1.68. The van der Waals surface area contributed by atoms with Crippen LogP contribution in [0.3, 0.4) is 0 Å². The molecule has 2 N–H and O–H groups in total. The molecule has 0 heterocycles. The molecule has 0 fully saturated rings. The summed E-state index contributed by atoms with van der Waals surface area (Å²) in [4.78, 5) is 0. The number of nitriles is 1. The molecule has 0 saturated heterocycles. The van der Waals surface area contributed by atoms with Crippen molar-refractivity contribution in [1.82, 2.24) is 0 Å². The van der Waals surface area contributed by atoms with Crippen molar-refractivity contribution in [2.45, 2.75) is 12.5 Å². The summed E-state index contributed by atoms with van der Waals surface area (Å²) in [5.41, 5.74) is 6.26. The Morgan fingerprint density at radius 3 is 2.85 bits per heavy atom. The SMILES string of the molecule is N#CCC(N)c1ccc(Br)c(F)c1. The molecule has 2 nitrogen and oxygen atoms in total. The van der Waals surface area contributed by atoms with Gasteiger partial charge >= 0.3 is 0 Å². The first-order chi connectivity index (χ1) is 6.15. The molecule has 1 atom stereocenters. The number of nitrogens with two attached hydrogens (primary N) is 1. The zero-order chi connectivity index (χ0) is 9.84. The molecular formula is C9H8BrFN2. The molecule has 1 aromatic rings. The van der Waals surface area contributed by atoms with Gasteiger partial charge in [0.05, 0.1) is 17.0 Å². The first kappa shape index (κ1) is 10.2. The molecular weight excluding hydrogens is 235 g/mol. The average Bonchev–Trinajstić information content (AvgIpc) is 2.10. The predicted molar refractivity (Wildman–Crippen MR) is 51.3 cm³/mol. The van der Waals surface area contributed by atoms with Crippen molar-refractivity contribution in [1.29, 1.82) is 5.26 Å². The van der Waals surface area contributed by atoms with Gasteiger partial charge in [-0.2, -0.15) is 5.26 Å². The predicted octanol–water partition coefficient (Wildman–Crippen LogP) is 2.50. The van der Waals surface area contributed by atoms with E-state index in [1.807, 2.05) is 6.07 Å². The van der Waals surface area contributed by atoms with Crippen LogP contribution < -0.4 is 5.73 Å².